The smallest absolute Gasteiger partial charge is 0.408 e. The molecule has 0 aromatic rings. The highest BCUT2D eigenvalue weighted by molar-refractivity contribution is 6.00. The zero-order valence-electron chi connectivity index (χ0n) is 31.0. The number of esters is 1. The average molecular weight is 683 g/mol. The quantitative estimate of drug-likeness (QED) is 0.209. The normalized spacial score (nSPS) is 41.8. The van der Waals surface area contributed by atoms with Crippen molar-refractivity contribution >= 4 is 17.8 Å². The Balaban J connectivity index is 2.01. The van der Waals surface area contributed by atoms with E-state index in [1.165, 1.54) is 6.92 Å². The molecule has 0 bridgehead atoms. The van der Waals surface area contributed by atoms with Crippen molar-refractivity contribution in [2.45, 2.75) is 141 Å². The van der Waals surface area contributed by atoms with Gasteiger partial charge in [0.25, 0.3) is 0 Å². The number of nitrogens with one attached hydrogen (secondary N) is 3. The molecule has 3 saturated heterocycles. The van der Waals surface area contributed by atoms with Crippen LogP contribution >= 0.6 is 0 Å². The number of alkyl carbamates (subject to hydrolysis) is 1. The monoisotopic (exact) mass is 682 g/mol. The van der Waals surface area contributed by atoms with E-state index in [4.69, 9.17) is 23.7 Å². The summed E-state index contributed by atoms with van der Waals surface area (Å²) in [7, 11) is 5.38. The Morgan fingerprint density at radius 3 is 2.40 bits per heavy atom. The number of likely N-dealkylation sites (N-methyl/N-ethyl adjacent to an activating group) is 1. The lowest BCUT2D eigenvalue weighted by atomic mass is 9.78. The highest BCUT2D eigenvalue weighted by Gasteiger charge is 2.55. The van der Waals surface area contributed by atoms with Gasteiger partial charge in [0.15, 0.2) is 17.7 Å². The summed E-state index contributed by atoms with van der Waals surface area (Å²) in [6, 6.07) is -1.02. The number of rotatable bonds is 9. The molecule has 13 heteroatoms. The van der Waals surface area contributed by atoms with Crippen LogP contribution in [0.5, 0.6) is 0 Å². The molecule has 3 rings (SSSR count). The van der Waals surface area contributed by atoms with E-state index >= 15 is 0 Å². The number of hydrogen-bond donors (Lipinski definition) is 4. The molecule has 0 aromatic heterocycles. The number of aliphatic hydroxyl groups excluding tert-OH is 1. The number of nitrogens with zero attached hydrogens (tertiary/aromatic N) is 1. The average Bonchev–Trinajstić information content (AvgIpc) is 3.36. The van der Waals surface area contributed by atoms with Crippen LogP contribution in [0.1, 0.15) is 81.1 Å². The van der Waals surface area contributed by atoms with E-state index in [9.17, 15) is 19.5 Å². The summed E-state index contributed by atoms with van der Waals surface area (Å²) >= 11 is 0. The van der Waals surface area contributed by atoms with Crippen molar-refractivity contribution in [3.8, 4) is 0 Å². The molecule has 276 valence electrons. The largest absolute Gasteiger partial charge is 0.458 e. The zero-order chi connectivity index (χ0) is 36.1. The van der Waals surface area contributed by atoms with Gasteiger partial charge in [0.05, 0.1) is 23.9 Å². The fourth-order valence-electron chi connectivity index (χ4n) is 7.54. The fraction of sp³-hybridized carbons (Fsp3) is 0.857. The maximum Gasteiger partial charge on any atom is 0.408 e. The van der Waals surface area contributed by atoms with Crippen LogP contribution in [0.25, 0.3) is 0 Å². The summed E-state index contributed by atoms with van der Waals surface area (Å²) in [5.41, 5.74) is -1.32. The van der Waals surface area contributed by atoms with Crippen LogP contribution in [0.4, 0.5) is 4.79 Å². The van der Waals surface area contributed by atoms with E-state index in [1.807, 2.05) is 46.7 Å². The van der Waals surface area contributed by atoms with Crippen molar-refractivity contribution < 1.29 is 43.2 Å². The number of ether oxygens (including phenoxy) is 5. The second-order valence-corrected chi connectivity index (χ2v) is 14.7. The number of ketones is 1. The van der Waals surface area contributed by atoms with Crippen molar-refractivity contribution in [2.75, 3.05) is 34.3 Å². The molecule has 0 aliphatic carbocycles. The fourth-order valence-corrected chi connectivity index (χ4v) is 7.54. The molecule has 48 heavy (non-hydrogen) atoms. The van der Waals surface area contributed by atoms with Gasteiger partial charge in [0, 0.05) is 37.4 Å². The zero-order valence-corrected chi connectivity index (χ0v) is 31.0. The predicted octanol–water partition coefficient (Wildman–Crippen LogP) is 2.74. The third-order valence-corrected chi connectivity index (χ3v) is 10.7. The standard InChI is InChI=1S/C35H62N4O9/c1-13-20(4)36-18-24-15-25(39(10)11)28(41)32(45-24)47-30-21(5)27(40)22(6)31(42)46-26(14-2)35(9)29(38-33(43)48-35)23(7)37-17-19(3)16-34(30,8)44-12/h19,21-26,28-30,32,36-37,41H,4,13-18H2,1-3,5-12H3,(H,38,43)/t19-,21+,22?,23-,24?,25?,26-,28?,29-,30-,32?,34-,35-/m1/s1. The molecule has 1 amide bonds. The summed E-state index contributed by atoms with van der Waals surface area (Å²) in [5, 5.41) is 21.3. The minimum Gasteiger partial charge on any atom is -0.458 e. The lowest BCUT2D eigenvalue weighted by Crippen LogP contribution is -2.60. The highest BCUT2D eigenvalue weighted by atomic mass is 16.7. The lowest BCUT2D eigenvalue weighted by Gasteiger charge is -2.47. The molecule has 3 heterocycles. The number of carbonyl (C=O) groups excluding carboxylic acids is 3. The van der Waals surface area contributed by atoms with Gasteiger partial charge in [0.1, 0.15) is 18.1 Å². The van der Waals surface area contributed by atoms with Crippen molar-refractivity contribution in [3.63, 3.8) is 0 Å². The molecule has 0 saturated carbocycles. The SMILES string of the molecule is C=C(CC)NCC1CC(N(C)C)C(O)C(O[C@@H]2[C@@H](C)C(=O)C(C)C(=O)O[C@H](CC)[C@@]3(C)OC(=O)N[C@@H]3[C@@H](C)NC[C@H](C)C[C@@]2(C)OC)O1. The van der Waals surface area contributed by atoms with Crippen LogP contribution in [0.3, 0.4) is 0 Å². The first-order chi connectivity index (χ1) is 22.4. The third kappa shape index (κ3) is 8.89. The number of amides is 1. The Bertz CT molecular complexity index is 1140. The van der Waals surface area contributed by atoms with Gasteiger partial charge in [-0.15, -0.1) is 0 Å². The second-order valence-electron chi connectivity index (χ2n) is 14.7. The molecule has 0 aromatic carbocycles. The minimum atomic E-state index is -1.16. The number of Topliss-reactive ketones (excluding diaryl/α,β-unsaturated/α-hetero) is 1. The summed E-state index contributed by atoms with van der Waals surface area (Å²) in [5.74, 6) is -3.11. The number of methoxy groups -OCH3 is 1. The Morgan fingerprint density at radius 2 is 1.81 bits per heavy atom. The van der Waals surface area contributed by atoms with Gasteiger partial charge in [-0.1, -0.05) is 34.3 Å². The van der Waals surface area contributed by atoms with Gasteiger partial charge < -0.3 is 49.6 Å². The summed E-state index contributed by atoms with van der Waals surface area (Å²) in [4.78, 5) is 42.3. The topological polar surface area (TPSA) is 157 Å². The minimum absolute atomic E-state index is 0.0150. The molecule has 3 aliphatic rings. The molecular weight excluding hydrogens is 620 g/mol. The number of allylic oxidation sites excluding steroid dienone is 1. The van der Waals surface area contributed by atoms with E-state index in [0.29, 0.717) is 32.4 Å². The molecule has 4 N–H and O–H groups in total. The molecule has 0 spiro atoms. The molecule has 3 fully saturated rings. The number of hydrogen-bond acceptors (Lipinski definition) is 12. The van der Waals surface area contributed by atoms with Crippen molar-refractivity contribution in [1.29, 1.82) is 0 Å². The molecule has 0 radical (unpaired) electrons. The van der Waals surface area contributed by atoms with E-state index in [-0.39, 0.29) is 24.1 Å². The van der Waals surface area contributed by atoms with Gasteiger partial charge in [-0.25, -0.2) is 4.79 Å². The summed E-state index contributed by atoms with van der Waals surface area (Å²) in [6.45, 7) is 19.8. The van der Waals surface area contributed by atoms with Gasteiger partial charge >= 0.3 is 12.1 Å². The summed E-state index contributed by atoms with van der Waals surface area (Å²) < 4.78 is 31.0. The molecule has 5 unspecified atom stereocenters. The van der Waals surface area contributed by atoms with Crippen molar-refractivity contribution in [3.05, 3.63) is 12.3 Å². The molecule has 13 atom stereocenters. The van der Waals surface area contributed by atoms with Crippen LogP contribution < -0.4 is 16.0 Å². The molecule has 3 aliphatic heterocycles. The van der Waals surface area contributed by atoms with Crippen LogP contribution in [-0.2, 0) is 33.3 Å². The number of cyclic esters (lactones) is 1. The number of fused-ring (bicyclic) bond motifs is 1. The molecular formula is C35H62N4O9. The Kier molecular flexibility index (Phi) is 13.9. The molecule has 13 nitrogen and oxygen atoms in total. The highest BCUT2D eigenvalue weighted by Crippen LogP contribution is 2.37. The Hall–Kier alpha value is -2.29. The van der Waals surface area contributed by atoms with E-state index in [2.05, 4.69) is 29.5 Å². The Labute approximate surface area is 287 Å². The van der Waals surface area contributed by atoms with Crippen LogP contribution in [0, 0.1) is 17.8 Å². The first-order valence-corrected chi connectivity index (χ1v) is 17.5. The van der Waals surface area contributed by atoms with Crippen LogP contribution in [0.2, 0.25) is 0 Å². The predicted molar refractivity (Wildman–Crippen MR) is 181 cm³/mol. The van der Waals surface area contributed by atoms with Gasteiger partial charge in [-0.2, -0.15) is 0 Å². The van der Waals surface area contributed by atoms with Crippen molar-refractivity contribution in [2.24, 2.45) is 17.8 Å². The number of carbonyl (C=O) groups is 3. The van der Waals surface area contributed by atoms with E-state index < -0.39 is 71.5 Å². The van der Waals surface area contributed by atoms with Gasteiger partial charge in [-0.3, -0.25) is 9.59 Å². The summed E-state index contributed by atoms with van der Waals surface area (Å²) in [6.07, 6.45) is -2.52. The Morgan fingerprint density at radius 1 is 1.15 bits per heavy atom. The second kappa shape index (κ2) is 16.6. The maximum absolute atomic E-state index is 14.2. The van der Waals surface area contributed by atoms with Crippen molar-refractivity contribution in [1.82, 2.24) is 20.9 Å². The third-order valence-electron chi connectivity index (χ3n) is 10.7. The van der Waals surface area contributed by atoms with Crippen LogP contribution in [-0.4, -0.2) is 122 Å². The van der Waals surface area contributed by atoms with E-state index in [1.54, 1.807) is 21.0 Å². The van der Waals surface area contributed by atoms with Crippen LogP contribution in [0.15, 0.2) is 12.3 Å². The first-order valence-electron chi connectivity index (χ1n) is 17.5. The maximum atomic E-state index is 14.2. The lowest BCUT2D eigenvalue weighted by molar-refractivity contribution is -0.296. The van der Waals surface area contributed by atoms with Gasteiger partial charge in [0.2, 0.25) is 0 Å². The van der Waals surface area contributed by atoms with E-state index in [0.717, 1.165) is 12.1 Å². The number of aliphatic hydroxyl groups is 1. The van der Waals surface area contributed by atoms with Gasteiger partial charge in [-0.05, 0) is 79.9 Å². The first kappa shape index (κ1) is 40.1.